The zero-order valence-electron chi connectivity index (χ0n) is 10.5. The third-order valence-electron chi connectivity index (χ3n) is 3.24. The summed E-state index contributed by atoms with van der Waals surface area (Å²) in [7, 11) is 0. The second-order valence-electron chi connectivity index (χ2n) is 4.71. The Kier molecular flexibility index (Phi) is 3.72. The van der Waals surface area contributed by atoms with Gasteiger partial charge in [-0.2, -0.15) is 0 Å². The molecule has 17 heavy (non-hydrogen) atoms. The van der Waals surface area contributed by atoms with E-state index in [0.717, 1.165) is 10.9 Å². The molecule has 1 fully saturated rings. The first-order chi connectivity index (χ1) is 8.15. The lowest BCUT2D eigenvalue weighted by molar-refractivity contribution is 0.0993. The minimum atomic E-state index is 0.140. The molecule has 2 rings (SSSR count). The predicted molar refractivity (Wildman–Crippen MR) is 73.8 cm³/mol. The van der Waals surface area contributed by atoms with Gasteiger partial charge in [-0.25, -0.2) is 0 Å². The number of rotatable bonds is 6. The quantitative estimate of drug-likeness (QED) is 0.762. The summed E-state index contributed by atoms with van der Waals surface area (Å²) in [5, 5.41) is 4.52. The van der Waals surface area contributed by atoms with Crippen LogP contribution in [0.15, 0.2) is 6.07 Å². The molecule has 0 aliphatic heterocycles. The van der Waals surface area contributed by atoms with Crippen molar-refractivity contribution in [2.75, 3.05) is 11.1 Å². The van der Waals surface area contributed by atoms with Crippen LogP contribution in [0.1, 0.15) is 49.2 Å². The van der Waals surface area contributed by atoms with E-state index >= 15 is 0 Å². The molecule has 4 heteroatoms. The van der Waals surface area contributed by atoms with E-state index in [1.807, 2.05) is 13.0 Å². The predicted octanol–water partition coefficient (Wildman–Crippen LogP) is 3.52. The van der Waals surface area contributed by atoms with Crippen molar-refractivity contribution in [1.82, 2.24) is 0 Å². The molecule has 1 heterocycles. The van der Waals surface area contributed by atoms with Crippen LogP contribution >= 0.6 is 11.3 Å². The van der Waals surface area contributed by atoms with Crippen LogP contribution in [-0.2, 0) is 0 Å². The topological polar surface area (TPSA) is 55.1 Å². The normalized spacial score (nSPS) is 22.5. The Bertz CT molecular complexity index is 414. The molecule has 1 aromatic rings. The maximum absolute atomic E-state index is 11.6. The fourth-order valence-electron chi connectivity index (χ4n) is 2.15. The zero-order valence-corrected chi connectivity index (χ0v) is 11.3. The van der Waals surface area contributed by atoms with Gasteiger partial charge in [-0.15, -0.1) is 11.3 Å². The molecule has 94 valence electrons. The van der Waals surface area contributed by atoms with Crippen LogP contribution in [0.5, 0.6) is 0 Å². The highest BCUT2D eigenvalue weighted by Crippen LogP contribution is 2.40. The minimum Gasteiger partial charge on any atom is -0.397 e. The first-order valence-corrected chi connectivity index (χ1v) is 7.16. The van der Waals surface area contributed by atoms with Gasteiger partial charge in [-0.1, -0.05) is 20.3 Å². The summed E-state index contributed by atoms with van der Waals surface area (Å²) >= 11 is 1.49. The Morgan fingerprint density at radius 2 is 2.35 bits per heavy atom. The summed E-state index contributed by atoms with van der Waals surface area (Å²) < 4.78 is 0. The number of nitrogens with one attached hydrogen (secondary N) is 1. The highest BCUT2D eigenvalue weighted by atomic mass is 32.1. The monoisotopic (exact) mass is 252 g/mol. The fourth-order valence-corrected chi connectivity index (χ4v) is 3.20. The third-order valence-corrected chi connectivity index (χ3v) is 4.37. The van der Waals surface area contributed by atoms with Crippen LogP contribution in [-0.4, -0.2) is 11.8 Å². The molecule has 0 spiro atoms. The second-order valence-corrected chi connectivity index (χ2v) is 5.76. The lowest BCUT2D eigenvalue weighted by Gasteiger charge is -2.01. The van der Waals surface area contributed by atoms with Crippen molar-refractivity contribution in [3.05, 3.63) is 10.9 Å². The van der Waals surface area contributed by atoms with Gasteiger partial charge in [0.2, 0.25) is 0 Å². The van der Waals surface area contributed by atoms with Crippen LogP contribution in [0, 0.1) is 5.92 Å². The molecule has 1 saturated carbocycles. The number of anilines is 2. The van der Waals surface area contributed by atoms with Gasteiger partial charge in [0.05, 0.1) is 15.6 Å². The van der Waals surface area contributed by atoms with Crippen LogP contribution in [0.25, 0.3) is 0 Å². The Hall–Kier alpha value is -1.03. The van der Waals surface area contributed by atoms with Crippen LogP contribution in [0.4, 0.5) is 10.7 Å². The van der Waals surface area contributed by atoms with Crippen LogP contribution in [0.3, 0.4) is 0 Å². The van der Waals surface area contributed by atoms with E-state index in [1.165, 1.54) is 30.6 Å². The van der Waals surface area contributed by atoms with E-state index in [1.54, 1.807) is 0 Å². The number of nitrogen functional groups attached to an aromatic ring is 1. The average Bonchev–Trinajstić information content (AvgIpc) is 2.91. The maximum atomic E-state index is 11.6. The standard InChI is InChI=1S/C13H20N2OS/c1-3-5-8-6-10(8)15-12-7-9(14)13(17-12)11(16)4-2/h7-8,10,15H,3-6,14H2,1-2H3. The van der Waals surface area contributed by atoms with Gasteiger partial charge in [0.1, 0.15) is 0 Å². The van der Waals surface area contributed by atoms with E-state index in [4.69, 9.17) is 5.73 Å². The molecule has 0 saturated heterocycles. The molecular weight excluding hydrogens is 232 g/mol. The Labute approximate surface area is 106 Å². The molecular formula is C13H20N2OS. The summed E-state index contributed by atoms with van der Waals surface area (Å²) in [5.41, 5.74) is 6.48. The number of thiophene rings is 1. The molecule has 0 bridgehead atoms. The van der Waals surface area contributed by atoms with Crippen molar-refractivity contribution in [2.45, 2.75) is 45.6 Å². The van der Waals surface area contributed by atoms with Crippen molar-refractivity contribution in [3.8, 4) is 0 Å². The van der Waals surface area contributed by atoms with Crippen molar-refractivity contribution in [1.29, 1.82) is 0 Å². The number of ketones is 1. The number of carbonyl (C=O) groups excluding carboxylic acids is 1. The number of hydrogen-bond acceptors (Lipinski definition) is 4. The van der Waals surface area contributed by atoms with E-state index in [2.05, 4.69) is 12.2 Å². The molecule has 1 aliphatic carbocycles. The maximum Gasteiger partial charge on any atom is 0.174 e. The first kappa shape index (κ1) is 12.4. The van der Waals surface area contributed by atoms with Gasteiger partial charge < -0.3 is 11.1 Å². The highest BCUT2D eigenvalue weighted by molar-refractivity contribution is 7.18. The summed E-state index contributed by atoms with van der Waals surface area (Å²) in [6.45, 7) is 4.09. The minimum absolute atomic E-state index is 0.140. The van der Waals surface area contributed by atoms with Gasteiger partial charge in [-0.05, 0) is 24.8 Å². The third kappa shape index (κ3) is 2.80. The summed E-state index contributed by atoms with van der Waals surface area (Å²) in [4.78, 5) is 12.3. The van der Waals surface area contributed by atoms with Crippen LogP contribution < -0.4 is 11.1 Å². The van der Waals surface area contributed by atoms with E-state index < -0.39 is 0 Å². The lowest BCUT2D eigenvalue weighted by atomic mass is 10.2. The molecule has 1 aromatic heterocycles. The molecule has 3 nitrogen and oxygen atoms in total. The molecule has 3 N–H and O–H groups in total. The lowest BCUT2D eigenvalue weighted by Crippen LogP contribution is -2.02. The number of hydrogen-bond donors (Lipinski definition) is 2. The van der Waals surface area contributed by atoms with Crippen molar-refractivity contribution < 1.29 is 4.79 Å². The fraction of sp³-hybridized carbons (Fsp3) is 0.615. The van der Waals surface area contributed by atoms with E-state index in [-0.39, 0.29) is 5.78 Å². The summed E-state index contributed by atoms with van der Waals surface area (Å²) in [6.07, 6.45) is 4.31. The highest BCUT2D eigenvalue weighted by Gasteiger charge is 2.36. The molecule has 0 radical (unpaired) electrons. The Morgan fingerprint density at radius 1 is 1.59 bits per heavy atom. The molecule has 2 unspecified atom stereocenters. The molecule has 0 amide bonds. The van der Waals surface area contributed by atoms with Crippen molar-refractivity contribution >= 4 is 27.8 Å². The number of nitrogens with two attached hydrogens (primary N) is 1. The molecule has 0 aromatic carbocycles. The zero-order chi connectivity index (χ0) is 12.4. The smallest absolute Gasteiger partial charge is 0.174 e. The Morgan fingerprint density at radius 3 is 3.00 bits per heavy atom. The molecule has 1 aliphatic rings. The Balaban J connectivity index is 1.97. The summed E-state index contributed by atoms with van der Waals surface area (Å²) in [6, 6.07) is 2.49. The van der Waals surface area contributed by atoms with E-state index in [9.17, 15) is 4.79 Å². The average molecular weight is 252 g/mol. The van der Waals surface area contributed by atoms with Crippen LogP contribution in [0.2, 0.25) is 0 Å². The largest absolute Gasteiger partial charge is 0.397 e. The van der Waals surface area contributed by atoms with Gasteiger partial charge in [-0.3, -0.25) is 4.79 Å². The van der Waals surface area contributed by atoms with Gasteiger partial charge in [0, 0.05) is 12.5 Å². The van der Waals surface area contributed by atoms with Gasteiger partial charge in [0.15, 0.2) is 5.78 Å². The SMILES string of the molecule is CCCC1CC1Nc1cc(N)c(C(=O)CC)s1. The first-order valence-electron chi connectivity index (χ1n) is 6.34. The summed E-state index contributed by atoms with van der Waals surface area (Å²) in [5.74, 6) is 0.954. The number of carbonyl (C=O) groups is 1. The molecule has 2 atom stereocenters. The second kappa shape index (κ2) is 5.08. The van der Waals surface area contributed by atoms with Gasteiger partial charge >= 0.3 is 0 Å². The van der Waals surface area contributed by atoms with Crippen molar-refractivity contribution in [3.63, 3.8) is 0 Å². The van der Waals surface area contributed by atoms with Crippen molar-refractivity contribution in [2.24, 2.45) is 5.92 Å². The number of Topliss-reactive ketones (excluding diaryl/α,β-unsaturated/α-hetero) is 1. The van der Waals surface area contributed by atoms with E-state index in [0.29, 0.717) is 23.0 Å². The van der Waals surface area contributed by atoms with Gasteiger partial charge in [0.25, 0.3) is 0 Å².